The van der Waals surface area contributed by atoms with E-state index in [-0.39, 0.29) is 0 Å². The number of hydrogen-bond donors (Lipinski definition) is 0. The third-order valence-electron chi connectivity index (χ3n) is 6.77. The number of methoxy groups -OCH3 is 1. The lowest BCUT2D eigenvalue weighted by atomic mass is 9.90. The largest absolute Gasteiger partial charge is 0.495 e. The molecule has 3 heterocycles. The topological polar surface area (TPSA) is 51.9 Å². The molecule has 0 amide bonds. The van der Waals surface area contributed by atoms with Crippen molar-refractivity contribution in [3.63, 3.8) is 0 Å². The summed E-state index contributed by atoms with van der Waals surface area (Å²) in [5.74, 6) is -2.58. The van der Waals surface area contributed by atoms with Gasteiger partial charge in [0.15, 0.2) is 23.3 Å². The van der Waals surface area contributed by atoms with Crippen LogP contribution in [0.3, 0.4) is 0 Å². The van der Waals surface area contributed by atoms with Crippen LogP contribution in [0.4, 0.5) is 13.2 Å². The summed E-state index contributed by atoms with van der Waals surface area (Å²) in [6.45, 7) is 6.31. The van der Waals surface area contributed by atoms with E-state index in [0.29, 0.717) is 30.1 Å². The average Bonchev–Trinajstić information content (AvgIpc) is 3.24. The number of nitrogens with zero attached hydrogens (tertiary/aromatic N) is 4. The molecule has 2 aromatic carbocycles. The van der Waals surface area contributed by atoms with Crippen molar-refractivity contribution in [2.45, 2.75) is 51.7 Å². The van der Waals surface area contributed by atoms with Crippen molar-refractivity contribution in [1.29, 1.82) is 0 Å². The number of halogens is 3. The van der Waals surface area contributed by atoms with E-state index in [1.54, 1.807) is 13.4 Å². The number of imidazole rings is 1. The number of aryl methyl sites for hydroxylation is 1. The van der Waals surface area contributed by atoms with Crippen molar-refractivity contribution in [3.8, 4) is 11.4 Å². The zero-order valence-corrected chi connectivity index (χ0v) is 21.3. The molecule has 0 bridgehead atoms. The maximum Gasteiger partial charge on any atom is 0.194 e. The SMILES string of the molecule is COc1cc(/C=C2\CCCN3C2=NOC(C)(C)CC3c2cc(F)c(F)c(F)c2)ccc1-n1cnc(C)c1. The highest BCUT2D eigenvalue weighted by atomic mass is 19.2. The van der Waals surface area contributed by atoms with E-state index >= 15 is 0 Å². The number of hydrogen-bond acceptors (Lipinski definition) is 5. The third-order valence-corrected chi connectivity index (χ3v) is 6.77. The molecule has 1 atom stereocenters. The highest BCUT2D eigenvalue weighted by molar-refractivity contribution is 6.02. The summed E-state index contributed by atoms with van der Waals surface area (Å²) in [6, 6.07) is 7.60. The molecule has 1 fully saturated rings. The van der Waals surface area contributed by atoms with Crippen molar-refractivity contribution in [2.24, 2.45) is 5.16 Å². The highest BCUT2D eigenvalue weighted by Gasteiger charge is 2.38. The van der Waals surface area contributed by atoms with Crippen LogP contribution < -0.4 is 4.74 Å². The number of aromatic nitrogens is 2. The highest BCUT2D eigenvalue weighted by Crippen LogP contribution is 2.39. The van der Waals surface area contributed by atoms with Crippen molar-refractivity contribution in [1.82, 2.24) is 14.5 Å². The van der Waals surface area contributed by atoms with Crippen LogP contribution in [-0.4, -0.2) is 39.5 Å². The van der Waals surface area contributed by atoms with Crippen molar-refractivity contribution in [3.05, 3.63) is 82.7 Å². The maximum atomic E-state index is 14.2. The number of ether oxygens (including phenoxy) is 1. The summed E-state index contributed by atoms with van der Waals surface area (Å²) in [6.07, 6.45) is 7.69. The Hall–Kier alpha value is -3.75. The molecule has 1 aromatic heterocycles. The van der Waals surface area contributed by atoms with Gasteiger partial charge in [-0.2, -0.15) is 0 Å². The standard InChI is InChI=1S/C28H29F3N4O2/c1-17-15-34(16-32-17)23-8-7-18(11-25(23)36-4)10-19-6-5-9-35-24(14-28(2,3)37-33-27(19)35)20-12-21(29)26(31)22(30)13-20/h7-8,10-13,15-16,24H,5-6,9,14H2,1-4H3/b19-10+. The molecular weight excluding hydrogens is 481 g/mol. The van der Waals surface area contributed by atoms with Gasteiger partial charge >= 0.3 is 0 Å². The smallest absolute Gasteiger partial charge is 0.194 e. The Morgan fingerprint density at radius 2 is 1.89 bits per heavy atom. The van der Waals surface area contributed by atoms with Gasteiger partial charge in [-0.3, -0.25) is 0 Å². The predicted octanol–water partition coefficient (Wildman–Crippen LogP) is 6.34. The second kappa shape index (κ2) is 9.61. The van der Waals surface area contributed by atoms with Crippen LogP contribution in [-0.2, 0) is 4.84 Å². The lowest BCUT2D eigenvalue weighted by molar-refractivity contribution is -0.0228. The molecule has 0 N–H and O–H groups in total. The molecule has 194 valence electrons. The normalized spacial score (nSPS) is 20.2. The minimum atomic E-state index is -1.47. The van der Waals surface area contributed by atoms with Crippen LogP contribution in [0, 0.1) is 24.4 Å². The second-order valence-corrected chi connectivity index (χ2v) is 10.1. The number of oxime groups is 1. The van der Waals surface area contributed by atoms with E-state index in [4.69, 9.17) is 9.57 Å². The van der Waals surface area contributed by atoms with E-state index in [0.717, 1.165) is 47.5 Å². The molecule has 5 rings (SSSR count). The zero-order chi connectivity index (χ0) is 26.3. The number of amidine groups is 1. The van der Waals surface area contributed by atoms with Gasteiger partial charge in [0.1, 0.15) is 11.4 Å². The Bertz CT molecular complexity index is 1370. The molecule has 2 aliphatic rings. The lowest BCUT2D eigenvalue weighted by Crippen LogP contribution is -2.40. The summed E-state index contributed by atoms with van der Waals surface area (Å²) in [5, 5.41) is 4.49. The fourth-order valence-corrected chi connectivity index (χ4v) is 4.99. The molecular formula is C28H29F3N4O2. The van der Waals surface area contributed by atoms with Crippen LogP contribution >= 0.6 is 0 Å². The van der Waals surface area contributed by atoms with Crippen LogP contribution in [0.15, 0.2) is 53.6 Å². The van der Waals surface area contributed by atoms with Gasteiger partial charge in [-0.25, -0.2) is 18.2 Å². The molecule has 0 saturated carbocycles. The average molecular weight is 511 g/mol. The number of fused-ring (bicyclic) bond motifs is 1. The molecule has 37 heavy (non-hydrogen) atoms. The summed E-state index contributed by atoms with van der Waals surface area (Å²) in [4.78, 5) is 12.2. The van der Waals surface area contributed by atoms with Gasteiger partial charge in [0, 0.05) is 19.2 Å². The van der Waals surface area contributed by atoms with Crippen LogP contribution in [0.1, 0.15) is 56.0 Å². The molecule has 0 aliphatic carbocycles. The van der Waals surface area contributed by atoms with Gasteiger partial charge in [-0.05, 0) is 80.7 Å². The van der Waals surface area contributed by atoms with E-state index in [2.05, 4.69) is 10.1 Å². The molecule has 1 saturated heterocycles. The first kappa shape index (κ1) is 24.9. The molecule has 3 aromatic rings. The van der Waals surface area contributed by atoms with Crippen molar-refractivity contribution >= 4 is 11.9 Å². The minimum Gasteiger partial charge on any atom is -0.495 e. The van der Waals surface area contributed by atoms with Gasteiger partial charge in [-0.1, -0.05) is 11.2 Å². The first-order valence-corrected chi connectivity index (χ1v) is 12.2. The zero-order valence-electron chi connectivity index (χ0n) is 21.3. The summed E-state index contributed by atoms with van der Waals surface area (Å²) < 4.78 is 49.6. The van der Waals surface area contributed by atoms with E-state index in [9.17, 15) is 13.2 Å². The molecule has 1 unspecified atom stereocenters. The van der Waals surface area contributed by atoms with Crippen molar-refractivity contribution in [2.75, 3.05) is 13.7 Å². The lowest BCUT2D eigenvalue weighted by Gasteiger charge is -2.37. The second-order valence-electron chi connectivity index (χ2n) is 10.1. The first-order valence-electron chi connectivity index (χ1n) is 12.2. The maximum absolute atomic E-state index is 14.2. The Kier molecular flexibility index (Phi) is 6.47. The van der Waals surface area contributed by atoms with E-state index in [1.165, 1.54) is 0 Å². The van der Waals surface area contributed by atoms with Crippen LogP contribution in [0.5, 0.6) is 5.75 Å². The Morgan fingerprint density at radius 3 is 2.57 bits per heavy atom. The van der Waals surface area contributed by atoms with Gasteiger partial charge in [-0.15, -0.1) is 0 Å². The fraction of sp³-hybridized carbons (Fsp3) is 0.357. The van der Waals surface area contributed by atoms with Crippen molar-refractivity contribution < 1.29 is 22.7 Å². The van der Waals surface area contributed by atoms with Gasteiger partial charge < -0.3 is 19.0 Å². The van der Waals surface area contributed by atoms with E-state index in [1.807, 2.05) is 60.7 Å². The molecule has 0 spiro atoms. The van der Waals surface area contributed by atoms with Crippen LogP contribution in [0.25, 0.3) is 11.8 Å². The monoisotopic (exact) mass is 510 g/mol. The molecule has 6 nitrogen and oxygen atoms in total. The summed E-state index contributed by atoms with van der Waals surface area (Å²) in [5.41, 5.74) is 3.27. The Morgan fingerprint density at radius 1 is 1.14 bits per heavy atom. The molecule has 2 aliphatic heterocycles. The Balaban J connectivity index is 1.53. The third kappa shape index (κ3) is 4.95. The summed E-state index contributed by atoms with van der Waals surface area (Å²) >= 11 is 0. The summed E-state index contributed by atoms with van der Waals surface area (Å²) in [7, 11) is 1.62. The molecule has 0 radical (unpaired) electrons. The Labute approximate surface area is 214 Å². The van der Waals surface area contributed by atoms with Gasteiger partial charge in [0.2, 0.25) is 0 Å². The minimum absolute atomic E-state index is 0.352. The van der Waals surface area contributed by atoms with Gasteiger partial charge in [0.05, 0.1) is 30.9 Å². The fourth-order valence-electron chi connectivity index (χ4n) is 4.99. The van der Waals surface area contributed by atoms with E-state index < -0.39 is 29.1 Å². The number of piperidine rings is 1. The number of benzene rings is 2. The molecule has 9 heteroatoms. The quantitative estimate of drug-likeness (QED) is 0.385. The van der Waals surface area contributed by atoms with Gasteiger partial charge in [0.25, 0.3) is 0 Å². The predicted molar refractivity (Wildman–Crippen MR) is 135 cm³/mol. The number of rotatable bonds is 4. The first-order chi connectivity index (χ1) is 17.6. The van der Waals surface area contributed by atoms with Crippen LogP contribution in [0.2, 0.25) is 0 Å².